The molecular weight excluding hydrogens is 212 g/mol. The van der Waals surface area contributed by atoms with Crippen molar-refractivity contribution in [3.05, 3.63) is 30.0 Å². The summed E-state index contributed by atoms with van der Waals surface area (Å²) in [6.45, 7) is 0. The summed E-state index contributed by atoms with van der Waals surface area (Å²) in [7, 11) is 1.51. The third kappa shape index (κ3) is 1.61. The maximum absolute atomic E-state index is 10.6. The lowest BCUT2D eigenvalue weighted by Crippen LogP contribution is -2.09. The van der Waals surface area contributed by atoms with Crippen molar-refractivity contribution in [3.8, 4) is 5.75 Å². The minimum absolute atomic E-state index is 0.00741. The number of carboxylic acid groups (broad SMARTS) is 1. The molecule has 0 saturated carbocycles. The zero-order valence-electron chi connectivity index (χ0n) is 8.51. The van der Waals surface area contributed by atoms with E-state index in [0.717, 1.165) is 0 Å². The molecule has 1 aromatic carbocycles. The molecule has 0 aliphatic rings. The van der Waals surface area contributed by atoms with Crippen molar-refractivity contribution in [2.45, 2.75) is 6.10 Å². The highest BCUT2D eigenvalue weighted by Gasteiger charge is 2.21. The first kappa shape index (κ1) is 10.5. The van der Waals surface area contributed by atoms with Crippen LogP contribution in [0.3, 0.4) is 0 Å². The Hall–Kier alpha value is -2.01. The summed E-state index contributed by atoms with van der Waals surface area (Å²) in [5.41, 5.74) is 0.481. The number of rotatable bonds is 3. The second-order valence-electron chi connectivity index (χ2n) is 3.26. The molecule has 84 valence electrons. The van der Waals surface area contributed by atoms with Gasteiger partial charge in [0, 0.05) is 0 Å². The minimum Gasteiger partial charge on any atom is -0.496 e. The van der Waals surface area contributed by atoms with Gasteiger partial charge in [-0.1, -0.05) is 6.07 Å². The number of benzene rings is 1. The highest BCUT2D eigenvalue weighted by atomic mass is 16.5. The molecule has 5 heteroatoms. The smallest absolute Gasteiger partial charge is 0.340 e. The van der Waals surface area contributed by atoms with Gasteiger partial charge in [-0.2, -0.15) is 0 Å². The van der Waals surface area contributed by atoms with Crippen molar-refractivity contribution < 1.29 is 24.2 Å². The Morgan fingerprint density at radius 2 is 2.25 bits per heavy atom. The highest BCUT2D eigenvalue weighted by Crippen LogP contribution is 2.30. The number of carbonyl (C=O) groups is 1. The van der Waals surface area contributed by atoms with Gasteiger partial charge in [-0.15, -0.1) is 0 Å². The number of aliphatic carboxylic acids is 1. The van der Waals surface area contributed by atoms with Gasteiger partial charge in [-0.3, -0.25) is 0 Å². The third-order valence-electron chi connectivity index (χ3n) is 2.26. The molecule has 1 heterocycles. The van der Waals surface area contributed by atoms with E-state index in [2.05, 4.69) is 0 Å². The molecule has 0 spiro atoms. The van der Waals surface area contributed by atoms with Crippen molar-refractivity contribution in [2.75, 3.05) is 7.11 Å². The standard InChI is InChI=1S/C11H10O5/c1-15-7-3-2-4-8-6(7)5-9(16-8)10(12)11(13)14/h2-5,10,12H,1H3,(H,13,14). The number of furan rings is 1. The van der Waals surface area contributed by atoms with E-state index in [4.69, 9.17) is 14.3 Å². The predicted octanol–water partition coefficient (Wildman–Crippen LogP) is 1.56. The predicted molar refractivity (Wildman–Crippen MR) is 55.4 cm³/mol. The van der Waals surface area contributed by atoms with Gasteiger partial charge in [0.25, 0.3) is 0 Å². The van der Waals surface area contributed by atoms with Crippen LogP contribution >= 0.6 is 0 Å². The molecule has 5 nitrogen and oxygen atoms in total. The lowest BCUT2D eigenvalue weighted by molar-refractivity contribution is -0.147. The molecule has 1 unspecified atom stereocenters. The average Bonchev–Trinajstić information content (AvgIpc) is 2.70. The second kappa shape index (κ2) is 3.86. The van der Waals surface area contributed by atoms with E-state index < -0.39 is 12.1 Å². The second-order valence-corrected chi connectivity index (χ2v) is 3.26. The first-order valence-electron chi connectivity index (χ1n) is 4.61. The summed E-state index contributed by atoms with van der Waals surface area (Å²) in [6.07, 6.45) is -1.66. The highest BCUT2D eigenvalue weighted by molar-refractivity contribution is 5.86. The van der Waals surface area contributed by atoms with Crippen molar-refractivity contribution >= 4 is 16.9 Å². The molecule has 2 rings (SSSR count). The SMILES string of the molecule is COc1cccc2oc(C(O)C(=O)O)cc12. The van der Waals surface area contributed by atoms with Gasteiger partial charge in [0.1, 0.15) is 17.1 Å². The Bertz CT molecular complexity index is 528. The van der Waals surface area contributed by atoms with E-state index in [1.165, 1.54) is 13.2 Å². The van der Waals surface area contributed by atoms with Crippen LogP contribution in [0.4, 0.5) is 0 Å². The lowest BCUT2D eigenvalue weighted by Gasteiger charge is -1.98. The van der Waals surface area contributed by atoms with Crippen LogP contribution in [0.1, 0.15) is 11.9 Å². The Kier molecular flexibility index (Phi) is 2.54. The van der Waals surface area contributed by atoms with Crippen molar-refractivity contribution in [1.82, 2.24) is 0 Å². The minimum atomic E-state index is -1.66. The van der Waals surface area contributed by atoms with E-state index in [1.54, 1.807) is 18.2 Å². The molecule has 0 fully saturated rings. The fourth-order valence-corrected chi connectivity index (χ4v) is 1.49. The largest absolute Gasteiger partial charge is 0.496 e. The van der Waals surface area contributed by atoms with Gasteiger partial charge in [-0.25, -0.2) is 4.79 Å². The molecule has 0 aliphatic heterocycles. The molecule has 16 heavy (non-hydrogen) atoms. The van der Waals surface area contributed by atoms with Gasteiger partial charge < -0.3 is 19.4 Å². The normalized spacial score (nSPS) is 12.6. The third-order valence-corrected chi connectivity index (χ3v) is 2.26. The number of carboxylic acids is 1. The maximum Gasteiger partial charge on any atom is 0.340 e. The van der Waals surface area contributed by atoms with Crippen molar-refractivity contribution in [3.63, 3.8) is 0 Å². The monoisotopic (exact) mass is 222 g/mol. The first-order chi connectivity index (χ1) is 7.63. The summed E-state index contributed by atoms with van der Waals surface area (Å²) in [4.78, 5) is 10.6. The van der Waals surface area contributed by atoms with E-state index in [-0.39, 0.29) is 5.76 Å². The van der Waals surface area contributed by atoms with Crippen molar-refractivity contribution in [1.29, 1.82) is 0 Å². The maximum atomic E-state index is 10.6. The molecule has 0 aliphatic carbocycles. The van der Waals surface area contributed by atoms with E-state index in [0.29, 0.717) is 16.7 Å². The number of aliphatic hydroxyl groups excluding tert-OH is 1. The fourth-order valence-electron chi connectivity index (χ4n) is 1.49. The van der Waals surface area contributed by atoms with Crippen LogP contribution in [0.25, 0.3) is 11.0 Å². The van der Waals surface area contributed by atoms with Crippen LogP contribution in [-0.2, 0) is 4.79 Å². The van der Waals surface area contributed by atoms with Crippen LogP contribution < -0.4 is 4.74 Å². The van der Waals surface area contributed by atoms with Gasteiger partial charge in [-0.05, 0) is 18.2 Å². The average molecular weight is 222 g/mol. The molecule has 2 N–H and O–H groups in total. The Balaban J connectivity index is 2.55. The Morgan fingerprint density at radius 3 is 2.88 bits per heavy atom. The van der Waals surface area contributed by atoms with Crippen LogP contribution in [0, 0.1) is 0 Å². The van der Waals surface area contributed by atoms with Crippen molar-refractivity contribution in [2.24, 2.45) is 0 Å². The van der Waals surface area contributed by atoms with E-state index in [1.807, 2.05) is 0 Å². The van der Waals surface area contributed by atoms with Gasteiger partial charge in [0.2, 0.25) is 6.10 Å². The Morgan fingerprint density at radius 1 is 1.50 bits per heavy atom. The molecule has 1 atom stereocenters. The number of fused-ring (bicyclic) bond motifs is 1. The first-order valence-corrected chi connectivity index (χ1v) is 4.61. The molecule has 0 amide bonds. The molecule has 0 saturated heterocycles. The molecule has 1 aromatic heterocycles. The molecule has 0 radical (unpaired) electrons. The quantitative estimate of drug-likeness (QED) is 0.823. The molecular formula is C11H10O5. The molecule has 2 aromatic rings. The Labute approximate surface area is 90.9 Å². The topological polar surface area (TPSA) is 79.9 Å². The van der Waals surface area contributed by atoms with E-state index in [9.17, 15) is 9.90 Å². The number of aliphatic hydroxyl groups is 1. The summed E-state index contributed by atoms with van der Waals surface area (Å²) in [5.74, 6) is -0.782. The van der Waals surface area contributed by atoms with Crippen LogP contribution in [0.5, 0.6) is 5.75 Å². The molecule has 0 bridgehead atoms. The van der Waals surface area contributed by atoms with Gasteiger partial charge in [0.15, 0.2) is 0 Å². The number of hydrogen-bond donors (Lipinski definition) is 2. The van der Waals surface area contributed by atoms with E-state index >= 15 is 0 Å². The summed E-state index contributed by atoms with van der Waals surface area (Å²) >= 11 is 0. The number of methoxy groups -OCH3 is 1. The van der Waals surface area contributed by atoms with Crippen LogP contribution in [0.15, 0.2) is 28.7 Å². The van der Waals surface area contributed by atoms with Gasteiger partial charge >= 0.3 is 5.97 Å². The number of ether oxygens (including phenoxy) is 1. The summed E-state index contributed by atoms with van der Waals surface area (Å²) in [6, 6.07) is 6.60. The zero-order valence-corrected chi connectivity index (χ0v) is 8.51. The van der Waals surface area contributed by atoms with Crippen LogP contribution in [0.2, 0.25) is 0 Å². The fraction of sp³-hybridized carbons (Fsp3) is 0.182. The number of hydrogen-bond acceptors (Lipinski definition) is 4. The lowest BCUT2D eigenvalue weighted by atomic mass is 10.2. The van der Waals surface area contributed by atoms with Crippen LogP contribution in [-0.4, -0.2) is 23.3 Å². The summed E-state index contributed by atoms with van der Waals surface area (Å²) in [5, 5.41) is 18.6. The summed E-state index contributed by atoms with van der Waals surface area (Å²) < 4.78 is 10.3. The van der Waals surface area contributed by atoms with Gasteiger partial charge in [0.05, 0.1) is 12.5 Å². The zero-order chi connectivity index (χ0) is 11.7.